The van der Waals surface area contributed by atoms with Crippen molar-refractivity contribution in [3.05, 3.63) is 49.1 Å². The normalized spacial score (nSPS) is 10.1. The van der Waals surface area contributed by atoms with E-state index in [0.717, 1.165) is 29.4 Å². The van der Waals surface area contributed by atoms with Crippen LogP contribution in [0.5, 0.6) is 0 Å². The van der Waals surface area contributed by atoms with Crippen LogP contribution in [0.1, 0.15) is 5.82 Å². The summed E-state index contributed by atoms with van der Waals surface area (Å²) in [7, 11) is 1.99. The second-order valence-electron chi connectivity index (χ2n) is 4.06. The molecule has 0 unspecified atom stereocenters. The van der Waals surface area contributed by atoms with E-state index in [9.17, 15) is 0 Å². The molecule has 0 aliphatic rings. The maximum atomic E-state index is 4.46. The third kappa shape index (κ3) is 2.71. The number of likely N-dealkylation sites (N-methyl/N-ethyl adjacent to an activating group) is 1. The molecule has 4 heteroatoms. The summed E-state index contributed by atoms with van der Waals surface area (Å²) in [5.41, 5.74) is 1.96. The van der Waals surface area contributed by atoms with Crippen molar-refractivity contribution in [2.45, 2.75) is 6.92 Å². The van der Waals surface area contributed by atoms with Gasteiger partial charge in [0.25, 0.3) is 0 Å². The molecular formula is C14H16N4. The molecule has 92 valence electrons. The van der Waals surface area contributed by atoms with E-state index in [1.807, 2.05) is 43.1 Å². The molecule has 2 aromatic rings. The van der Waals surface area contributed by atoms with Crippen molar-refractivity contribution in [1.29, 1.82) is 0 Å². The molecule has 2 heterocycles. The molecule has 0 atom stereocenters. The van der Waals surface area contributed by atoms with Crippen LogP contribution < -0.4 is 4.90 Å². The van der Waals surface area contributed by atoms with Gasteiger partial charge in [0.1, 0.15) is 11.6 Å². The molecule has 4 nitrogen and oxygen atoms in total. The van der Waals surface area contributed by atoms with Gasteiger partial charge in [0.2, 0.25) is 0 Å². The predicted octanol–water partition coefficient (Wildman–Crippen LogP) is 2.47. The van der Waals surface area contributed by atoms with Crippen molar-refractivity contribution in [2.24, 2.45) is 0 Å². The molecule has 0 aliphatic carbocycles. The molecule has 0 bridgehead atoms. The Morgan fingerprint density at radius 1 is 1.28 bits per heavy atom. The van der Waals surface area contributed by atoms with Gasteiger partial charge in [-0.15, -0.1) is 6.58 Å². The van der Waals surface area contributed by atoms with Crippen LogP contribution in [0.25, 0.3) is 11.3 Å². The van der Waals surface area contributed by atoms with Crippen LogP contribution in [0.2, 0.25) is 0 Å². The number of nitrogens with zero attached hydrogens (tertiary/aromatic N) is 4. The number of hydrogen-bond donors (Lipinski definition) is 0. The minimum absolute atomic E-state index is 0.756. The zero-order chi connectivity index (χ0) is 13.0. The average molecular weight is 240 g/mol. The van der Waals surface area contributed by atoms with Crippen molar-refractivity contribution in [3.8, 4) is 11.3 Å². The smallest absolute Gasteiger partial charge is 0.132 e. The van der Waals surface area contributed by atoms with Crippen LogP contribution >= 0.6 is 0 Å². The van der Waals surface area contributed by atoms with E-state index in [2.05, 4.69) is 21.5 Å². The molecule has 0 N–H and O–H groups in total. The minimum Gasteiger partial charge on any atom is -0.356 e. The Labute approximate surface area is 107 Å². The van der Waals surface area contributed by atoms with Gasteiger partial charge < -0.3 is 4.90 Å². The van der Waals surface area contributed by atoms with E-state index < -0.39 is 0 Å². The molecule has 2 rings (SSSR count). The quantitative estimate of drug-likeness (QED) is 0.770. The van der Waals surface area contributed by atoms with Crippen molar-refractivity contribution < 1.29 is 0 Å². The Morgan fingerprint density at radius 3 is 2.67 bits per heavy atom. The van der Waals surface area contributed by atoms with Gasteiger partial charge in [-0.25, -0.2) is 9.97 Å². The summed E-state index contributed by atoms with van der Waals surface area (Å²) >= 11 is 0. The number of aromatic nitrogens is 3. The molecule has 0 amide bonds. The third-order valence-corrected chi connectivity index (χ3v) is 2.59. The van der Waals surface area contributed by atoms with Crippen LogP contribution in [0.3, 0.4) is 0 Å². The lowest BCUT2D eigenvalue weighted by Gasteiger charge is -2.17. The first-order valence-corrected chi connectivity index (χ1v) is 5.79. The Kier molecular flexibility index (Phi) is 3.67. The minimum atomic E-state index is 0.756. The fourth-order valence-electron chi connectivity index (χ4n) is 1.71. The first-order valence-electron chi connectivity index (χ1n) is 5.79. The molecule has 0 aliphatic heterocycles. The van der Waals surface area contributed by atoms with Gasteiger partial charge in [0.05, 0.1) is 5.69 Å². The monoisotopic (exact) mass is 240 g/mol. The van der Waals surface area contributed by atoms with Crippen molar-refractivity contribution >= 4 is 5.82 Å². The lowest BCUT2D eigenvalue weighted by Crippen LogP contribution is -2.18. The van der Waals surface area contributed by atoms with Crippen molar-refractivity contribution in [1.82, 2.24) is 15.0 Å². The summed E-state index contributed by atoms with van der Waals surface area (Å²) in [5.74, 6) is 1.66. The maximum Gasteiger partial charge on any atom is 0.132 e. The fourth-order valence-corrected chi connectivity index (χ4v) is 1.71. The largest absolute Gasteiger partial charge is 0.356 e. The van der Waals surface area contributed by atoms with Crippen LogP contribution in [0.15, 0.2) is 43.2 Å². The summed E-state index contributed by atoms with van der Waals surface area (Å²) in [5, 5.41) is 0. The number of aryl methyl sites for hydroxylation is 1. The topological polar surface area (TPSA) is 41.9 Å². The lowest BCUT2D eigenvalue weighted by atomic mass is 10.2. The summed E-state index contributed by atoms with van der Waals surface area (Å²) in [6, 6.07) is 5.87. The Balaban J connectivity index is 2.41. The van der Waals surface area contributed by atoms with Crippen LogP contribution in [-0.4, -0.2) is 28.5 Å². The van der Waals surface area contributed by atoms with Crippen LogP contribution in [0.4, 0.5) is 5.82 Å². The Bertz CT molecular complexity index is 537. The summed E-state index contributed by atoms with van der Waals surface area (Å²) in [6.45, 7) is 6.39. The third-order valence-electron chi connectivity index (χ3n) is 2.59. The highest BCUT2D eigenvalue weighted by molar-refractivity contribution is 5.62. The summed E-state index contributed by atoms with van der Waals surface area (Å²) in [4.78, 5) is 14.9. The molecule has 0 saturated carbocycles. The highest BCUT2D eigenvalue weighted by Crippen LogP contribution is 2.20. The van der Waals surface area contributed by atoms with Gasteiger partial charge in [0.15, 0.2) is 0 Å². The van der Waals surface area contributed by atoms with E-state index in [0.29, 0.717) is 0 Å². The second kappa shape index (κ2) is 5.40. The van der Waals surface area contributed by atoms with Gasteiger partial charge in [-0.05, 0) is 19.1 Å². The molecule has 0 radical (unpaired) electrons. The van der Waals surface area contributed by atoms with E-state index >= 15 is 0 Å². The number of anilines is 1. The van der Waals surface area contributed by atoms with Gasteiger partial charge in [-0.1, -0.05) is 6.08 Å². The number of pyridine rings is 1. The predicted molar refractivity (Wildman–Crippen MR) is 73.5 cm³/mol. The standard InChI is InChI=1S/C14H16N4/c1-4-9-18(3)14-10-13(16-11(2)17-14)12-5-7-15-8-6-12/h4-8,10H,1,9H2,2-3H3. The van der Waals surface area contributed by atoms with Crippen LogP contribution in [-0.2, 0) is 0 Å². The maximum absolute atomic E-state index is 4.46. The van der Waals surface area contributed by atoms with Gasteiger partial charge in [0, 0.05) is 37.6 Å². The molecular weight excluding hydrogens is 224 g/mol. The average Bonchev–Trinajstić information content (AvgIpc) is 2.39. The highest BCUT2D eigenvalue weighted by Gasteiger charge is 2.07. The number of rotatable bonds is 4. The lowest BCUT2D eigenvalue weighted by molar-refractivity contribution is 0.950. The first kappa shape index (κ1) is 12.2. The molecule has 0 spiro atoms. The molecule has 0 aromatic carbocycles. The second-order valence-corrected chi connectivity index (χ2v) is 4.06. The van der Waals surface area contributed by atoms with E-state index in [4.69, 9.17) is 0 Å². The molecule has 0 saturated heterocycles. The van der Waals surface area contributed by atoms with E-state index in [-0.39, 0.29) is 0 Å². The Hall–Kier alpha value is -2.23. The zero-order valence-corrected chi connectivity index (χ0v) is 10.7. The summed E-state index contributed by atoms with van der Waals surface area (Å²) < 4.78 is 0. The van der Waals surface area contributed by atoms with E-state index in [1.54, 1.807) is 12.4 Å². The fraction of sp³-hybridized carbons (Fsp3) is 0.214. The van der Waals surface area contributed by atoms with Gasteiger partial charge in [-0.2, -0.15) is 0 Å². The Morgan fingerprint density at radius 2 is 2.00 bits per heavy atom. The van der Waals surface area contributed by atoms with Crippen molar-refractivity contribution in [2.75, 3.05) is 18.5 Å². The van der Waals surface area contributed by atoms with Crippen LogP contribution in [0, 0.1) is 6.92 Å². The summed E-state index contributed by atoms with van der Waals surface area (Å²) in [6.07, 6.45) is 5.38. The molecule has 18 heavy (non-hydrogen) atoms. The van der Waals surface area contributed by atoms with E-state index in [1.165, 1.54) is 0 Å². The molecule has 2 aromatic heterocycles. The zero-order valence-electron chi connectivity index (χ0n) is 10.7. The highest BCUT2D eigenvalue weighted by atomic mass is 15.2. The number of hydrogen-bond acceptors (Lipinski definition) is 4. The SMILES string of the molecule is C=CCN(C)c1cc(-c2ccncc2)nc(C)n1. The van der Waals surface area contributed by atoms with Crippen molar-refractivity contribution in [3.63, 3.8) is 0 Å². The molecule has 0 fully saturated rings. The van der Waals surface area contributed by atoms with Gasteiger partial charge >= 0.3 is 0 Å². The first-order chi connectivity index (χ1) is 8.70. The van der Waals surface area contributed by atoms with Gasteiger partial charge in [-0.3, -0.25) is 4.98 Å².